The van der Waals surface area contributed by atoms with E-state index in [1.807, 2.05) is 32.9 Å². The number of aryl methyl sites for hydroxylation is 2. The van der Waals surface area contributed by atoms with Crippen molar-refractivity contribution >= 4 is 23.0 Å². The number of para-hydroxylation sites is 2. The summed E-state index contributed by atoms with van der Waals surface area (Å²) in [5.74, 6) is 0.307. The monoisotopic (exact) mass is 517 g/mol. The van der Waals surface area contributed by atoms with E-state index < -0.39 is 15.8 Å². The molecular formula is C27H23N3O8. The van der Waals surface area contributed by atoms with Crippen LogP contribution in [0.3, 0.4) is 0 Å². The van der Waals surface area contributed by atoms with Crippen LogP contribution in [0.2, 0.25) is 0 Å². The zero-order chi connectivity index (χ0) is 27.4. The third-order valence-corrected chi connectivity index (χ3v) is 5.67. The van der Waals surface area contributed by atoms with Crippen molar-refractivity contribution < 1.29 is 28.5 Å². The molecule has 194 valence electrons. The number of benzene rings is 3. The van der Waals surface area contributed by atoms with Crippen LogP contribution in [0.15, 0.2) is 71.1 Å². The second-order valence-corrected chi connectivity index (χ2v) is 8.51. The standard InChI is InChI=1S/C27H23N3O8/c1-16-10-17(2)18(3)26(11-16)38-22-13-19(12-20(14-22)29(32)33)28-27(31)25-9-8-21(37-25)15-36-24-7-5-4-6-23(24)30(34)35/h4-14H,15H2,1-3H3,(H,28,31). The Kier molecular flexibility index (Phi) is 7.38. The number of nitrogens with one attached hydrogen (secondary N) is 1. The number of furan rings is 1. The van der Waals surface area contributed by atoms with Crippen molar-refractivity contribution in [1.82, 2.24) is 0 Å². The number of hydrogen-bond acceptors (Lipinski definition) is 8. The van der Waals surface area contributed by atoms with Crippen molar-refractivity contribution in [3.63, 3.8) is 0 Å². The first-order valence-corrected chi connectivity index (χ1v) is 11.4. The summed E-state index contributed by atoms with van der Waals surface area (Å²) in [6.07, 6.45) is 0. The maximum Gasteiger partial charge on any atom is 0.310 e. The van der Waals surface area contributed by atoms with Gasteiger partial charge in [0.2, 0.25) is 0 Å². The summed E-state index contributed by atoms with van der Waals surface area (Å²) in [4.78, 5) is 34.3. The Hall–Kier alpha value is -5.19. The number of carbonyl (C=O) groups is 1. The lowest BCUT2D eigenvalue weighted by Crippen LogP contribution is -2.11. The van der Waals surface area contributed by atoms with Gasteiger partial charge in [-0.15, -0.1) is 0 Å². The lowest BCUT2D eigenvalue weighted by molar-refractivity contribution is -0.386. The Labute approximate surface area is 216 Å². The molecule has 3 aromatic carbocycles. The minimum atomic E-state index is -0.657. The van der Waals surface area contributed by atoms with Crippen LogP contribution in [0.5, 0.6) is 17.2 Å². The molecular weight excluding hydrogens is 494 g/mol. The second kappa shape index (κ2) is 10.8. The van der Waals surface area contributed by atoms with E-state index in [-0.39, 0.29) is 46.7 Å². The normalized spacial score (nSPS) is 10.6. The van der Waals surface area contributed by atoms with Crippen LogP contribution in [0.4, 0.5) is 17.1 Å². The van der Waals surface area contributed by atoms with E-state index in [2.05, 4.69) is 5.32 Å². The van der Waals surface area contributed by atoms with Gasteiger partial charge in [-0.3, -0.25) is 25.0 Å². The zero-order valence-electron chi connectivity index (χ0n) is 20.7. The molecule has 4 aromatic rings. The fourth-order valence-corrected chi connectivity index (χ4v) is 3.70. The molecule has 1 amide bonds. The van der Waals surface area contributed by atoms with Gasteiger partial charge in [-0.2, -0.15) is 0 Å². The Bertz CT molecular complexity index is 1540. The van der Waals surface area contributed by atoms with E-state index in [0.717, 1.165) is 16.7 Å². The van der Waals surface area contributed by atoms with Crippen LogP contribution in [-0.2, 0) is 6.61 Å². The third-order valence-electron chi connectivity index (χ3n) is 5.67. The van der Waals surface area contributed by atoms with Gasteiger partial charge < -0.3 is 19.2 Å². The van der Waals surface area contributed by atoms with Gasteiger partial charge in [0.25, 0.3) is 11.6 Å². The molecule has 4 rings (SSSR count). The quantitative estimate of drug-likeness (QED) is 0.192. The average Bonchev–Trinajstić information content (AvgIpc) is 3.35. The zero-order valence-corrected chi connectivity index (χ0v) is 20.7. The highest BCUT2D eigenvalue weighted by Crippen LogP contribution is 2.33. The van der Waals surface area contributed by atoms with E-state index in [1.165, 1.54) is 48.5 Å². The predicted octanol–water partition coefficient (Wildman–Crippen LogP) is 6.64. The highest BCUT2D eigenvalue weighted by atomic mass is 16.6. The van der Waals surface area contributed by atoms with Crippen LogP contribution >= 0.6 is 0 Å². The fourth-order valence-electron chi connectivity index (χ4n) is 3.70. The Morgan fingerprint density at radius 1 is 0.921 bits per heavy atom. The number of hydrogen-bond donors (Lipinski definition) is 1. The molecule has 0 fully saturated rings. The average molecular weight is 517 g/mol. The Morgan fingerprint density at radius 2 is 1.68 bits per heavy atom. The van der Waals surface area contributed by atoms with Crippen LogP contribution in [-0.4, -0.2) is 15.8 Å². The van der Waals surface area contributed by atoms with Gasteiger partial charge in [-0.1, -0.05) is 18.2 Å². The first-order chi connectivity index (χ1) is 18.1. The van der Waals surface area contributed by atoms with Crippen molar-refractivity contribution in [1.29, 1.82) is 0 Å². The van der Waals surface area contributed by atoms with Crippen molar-refractivity contribution in [2.75, 3.05) is 5.32 Å². The topological polar surface area (TPSA) is 147 Å². The van der Waals surface area contributed by atoms with E-state index in [4.69, 9.17) is 13.9 Å². The number of ether oxygens (including phenoxy) is 2. The summed E-state index contributed by atoms with van der Waals surface area (Å²) in [7, 11) is 0. The van der Waals surface area contributed by atoms with Gasteiger partial charge in [0, 0.05) is 18.2 Å². The second-order valence-electron chi connectivity index (χ2n) is 8.51. The number of carbonyl (C=O) groups excluding carboxylic acids is 1. The van der Waals surface area contributed by atoms with Crippen LogP contribution < -0.4 is 14.8 Å². The summed E-state index contributed by atoms with van der Waals surface area (Å²) >= 11 is 0. The first-order valence-electron chi connectivity index (χ1n) is 11.4. The summed E-state index contributed by atoms with van der Waals surface area (Å²) in [6, 6.07) is 16.6. The van der Waals surface area contributed by atoms with Crippen LogP contribution in [0.1, 0.15) is 33.0 Å². The number of rotatable bonds is 9. The van der Waals surface area contributed by atoms with Crippen molar-refractivity contribution in [3.05, 3.63) is 115 Å². The molecule has 0 radical (unpaired) electrons. The maximum atomic E-state index is 12.8. The van der Waals surface area contributed by atoms with Crippen molar-refractivity contribution in [2.24, 2.45) is 0 Å². The van der Waals surface area contributed by atoms with Gasteiger partial charge in [-0.05, 0) is 61.7 Å². The Balaban J connectivity index is 1.50. The van der Waals surface area contributed by atoms with Crippen molar-refractivity contribution in [3.8, 4) is 17.2 Å². The summed E-state index contributed by atoms with van der Waals surface area (Å²) in [5.41, 5.74) is 2.55. The molecule has 1 heterocycles. The first kappa shape index (κ1) is 25.9. The molecule has 0 saturated heterocycles. The molecule has 0 aliphatic heterocycles. The third kappa shape index (κ3) is 5.95. The van der Waals surface area contributed by atoms with Gasteiger partial charge in [0.15, 0.2) is 11.5 Å². The molecule has 0 atom stereocenters. The largest absolute Gasteiger partial charge is 0.479 e. The molecule has 0 aliphatic rings. The summed E-state index contributed by atoms with van der Waals surface area (Å²) in [6.45, 7) is 5.60. The minimum Gasteiger partial charge on any atom is -0.479 e. The SMILES string of the molecule is Cc1cc(C)c(C)c(Oc2cc(NC(=O)c3ccc(COc4ccccc4[N+](=O)[O-])o3)cc([N+](=O)[O-])c2)c1. The smallest absolute Gasteiger partial charge is 0.310 e. The molecule has 0 saturated carbocycles. The highest BCUT2D eigenvalue weighted by Gasteiger charge is 2.18. The van der Waals surface area contributed by atoms with Gasteiger partial charge in [0.1, 0.15) is 23.9 Å². The lowest BCUT2D eigenvalue weighted by atomic mass is 10.1. The van der Waals surface area contributed by atoms with Crippen molar-refractivity contribution in [2.45, 2.75) is 27.4 Å². The summed E-state index contributed by atoms with van der Waals surface area (Å²) < 4.78 is 16.9. The lowest BCUT2D eigenvalue weighted by Gasteiger charge is -2.13. The van der Waals surface area contributed by atoms with E-state index >= 15 is 0 Å². The van der Waals surface area contributed by atoms with Gasteiger partial charge in [0.05, 0.1) is 21.6 Å². The number of nitro groups is 2. The maximum absolute atomic E-state index is 12.8. The predicted molar refractivity (Wildman–Crippen MR) is 138 cm³/mol. The van der Waals surface area contributed by atoms with E-state index in [0.29, 0.717) is 5.75 Å². The molecule has 1 aromatic heterocycles. The van der Waals surface area contributed by atoms with Crippen LogP contribution in [0.25, 0.3) is 0 Å². The number of nitro benzene ring substituents is 2. The molecule has 1 N–H and O–H groups in total. The van der Waals surface area contributed by atoms with E-state index in [9.17, 15) is 25.0 Å². The molecule has 0 unspecified atom stereocenters. The summed E-state index contributed by atoms with van der Waals surface area (Å²) in [5, 5.41) is 25.2. The minimum absolute atomic E-state index is 0.0584. The number of non-ortho nitro benzene ring substituents is 1. The van der Waals surface area contributed by atoms with Gasteiger partial charge in [-0.25, -0.2) is 0 Å². The van der Waals surface area contributed by atoms with Gasteiger partial charge >= 0.3 is 5.69 Å². The number of nitrogens with zero attached hydrogens (tertiary/aromatic N) is 2. The molecule has 0 bridgehead atoms. The molecule has 0 spiro atoms. The molecule has 38 heavy (non-hydrogen) atoms. The fraction of sp³-hybridized carbons (Fsp3) is 0.148. The number of anilines is 1. The Morgan fingerprint density at radius 3 is 2.42 bits per heavy atom. The highest BCUT2D eigenvalue weighted by molar-refractivity contribution is 6.02. The van der Waals surface area contributed by atoms with E-state index in [1.54, 1.807) is 6.07 Å². The molecule has 11 heteroatoms. The number of amides is 1. The molecule has 11 nitrogen and oxygen atoms in total. The molecule has 0 aliphatic carbocycles. The van der Waals surface area contributed by atoms with Crippen LogP contribution in [0, 0.1) is 41.0 Å².